The molecule has 0 unspecified atom stereocenters. The number of hydrogen-bond acceptors (Lipinski definition) is 3. The van der Waals surface area contributed by atoms with E-state index in [4.69, 9.17) is 6.42 Å². The lowest BCUT2D eigenvalue weighted by Gasteiger charge is -2.11. The first-order valence-electron chi connectivity index (χ1n) is 5.12. The number of nitrogens with one attached hydrogen (secondary N) is 2. The Kier molecular flexibility index (Phi) is 4.55. The molecule has 2 N–H and O–H groups in total. The van der Waals surface area contributed by atoms with Crippen molar-refractivity contribution in [3.63, 3.8) is 0 Å². The molecule has 86 valence electrons. The highest BCUT2D eigenvalue weighted by molar-refractivity contribution is 5.91. The van der Waals surface area contributed by atoms with Crippen LogP contribution in [0.15, 0.2) is 12.3 Å². The minimum Gasteiger partial charge on any atom is -0.310 e. The van der Waals surface area contributed by atoms with E-state index in [1.165, 1.54) is 0 Å². The fraction of sp³-hybridized carbons (Fsp3) is 0.455. The van der Waals surface area contributed by atoms with Gasteiger partial charge in [0.2, 0.25) is 5.91 Å². The van der Waals surface area contributed by atoms with Gasteiger partial charge in [-0.1, -0.05) is 5.92 Å². The van der Waals surface area contributed by atoms with Crippen molar-refractivity contribution >= 4 is 11.7 Å². The van der Waals surface area contributed by atoms with Crippen LogP contribution >= 0.6 is 0 Å². The normalized spacial score (nSPS) is 10.1. The lowest BCUT2D eigenvalue weighted by Crippen LogP contribution is -2.29. The summed E-state index contributed by atoms with van der Waals surface area (Å²) in [5, 5.41) is 9.69. The Hall–Kier alpha value is -1.80. The fourth-order valence-corrected chi connectivity index (χ4v) is 1.26. The molecular formula is C11H16N4O. The van der Waals surface area contributed by atoms with Crippen molar-refractivity contribution in [2.75, 3.05) is 18.4 Å². The molecule has 0 atom stereocenters. The second kappa shape index (κ2) is 5.93. The summed E-state index contributed by atoms with van der Waals surface area (Å²) in [6, 6.07) is 1.97. The third-order valence-electron chi connectivity index (χ3n) is 1.94. The second-order valence-electron chi connectivity index (χ2n) is 3.61. The maximum Gasteiger partial charge on any atom is 0.239 e. The van der Waals surface area contributed by atoms with Crippen molar-refractivity contribution in [2.24, 2.45) is 0 Å². The largest absolute Gasteiger partial charge is 0.310 e. The Balaban J connectivity index is 2.50. The maximum absolute atomic E-state index is 11.5. The van der Waals surface area contributed by atoms with Gasteiger partial charge in [0.05, 0.1) is 19.3 Å². The zero-order valence-electron chi connectivity index (χ0n) is 9.53. The average Bonchev–Trinajstić information content (AvgIpc) is 2.66. The second-order valence-corrected chi connectivity index (χ2v) is 3.61. The smallest absolute Gasteiger partial charge is 0.239 e. The molecule has 16 heavy (non-hydrogen) atoms. The van der Waals surface area contributed by atoms with Crippen molar-refractivity contribution in [1.82, 2.24) is 15.1 Å². The summed E-state index contributed by atoms with van der Waals surface area (Å²) in [6.07, 6.45) is 6.71. The van der Waals surface area contributed by atoms with Crippen LogP contribution in [-0.4, -0.2) is 28.8 Å². The maximum atomic E-state index is 11.5. The van der Waals surface area contributed by atoms with Crippen LogP contribution in [0.3, 0.4) is 0 Å². The molecular weight excluding hydrogens is 204 g/mol. The van der Waals surface area contributed by atoms with E-state index >= 15 is 0 Å². The van der Waals surface area contributed by atoms with Crippen LogP contribution in [0.2, 0.25) is 0 Å². The highest BCUT2D eigenvalue weighted by Gasteiger charge is 2.08. The van der Waals surface area contributed by atoms with E-state index < -0.39 is 0 Å². The summed E-state index contributed by atoms with van der Waals surface area (Å²) >= 11 is 0. The summed E-state index contributed by atoms with van der Waals surface area (Å²) in [4.78, 5) is 11.5. The molecule has 0 spiro atoms. The molecule has 1 aromatic heterocycles. The number of nitrogens with zero attached hydrogens (tertiary/aromatic N) is 2. The summed E-state index contributed by atoms with van der Waals surface area (Å²) in [5.41, 5.74) is 0. The number of carbonyl (C=O) groups excluding carboxylic acids is 1. The van der Waals surface area contributed by atoms with Gasteiger partial charge in [-0.15, -0.1) is 6.42 Å². The van der Waals surface area contributed by atoms with E-state index in [0.717, 1.165) is 0 Å². The standard InChI is InChI=1S/C11H16N4O/c1-4-6-12-8-11(16)14-10-5-7-13-15(10)9(2)3/h1,5,7,9,12H,6,8H2,2-3H3,(H,14,16). The number of rotatable bonds is 5. The van der Waals surface area contributed by atoms with Crippen molar-refractivity contribution in [3.8, 4) is 12.3 Å². The number of amides is 1. The van der Waals surface area contributed by atoms with Crippen LogP contribution < -0.4 is 10.6 Å². The Bertz CT molecular complexity index is 389. The summed E-state index contributed by atoms with van der Waals surface area (Å²) in [6.45, 7) is 4.59. The third-order valence-corrected chi connectivity index (χ3v) is 1.94. The lowest BCUT2D eigenvalue weighted by atomic mass is 10.4. The molecule has 5 nitrogen and oxygen atoms in total. The van der Waals surface area contributed by atoms with Crippen LogP contribution in [0.25, 0.3) is 0 Å². The third kappa shape index (κ3) is 3.41. The highest BCUT2D eigenvalue weighted by Crippen LogP contribution is 2.12. The number of carbonyl (C=O) groups is 1. The molecule has 1 heterocycles. The van der Waals surface area contributed by atoms with Crippen molar-refractivity contribution in [1.29, 1.82) is 0 Å². The van der Waals surface area contributed by atoms with Crippen LogP contribution in [0.5, 0.6) is 0 Å². The molecule has 1 amide bonds. The van der Waals surface area contributed by atoms with Gasteiger partial charge in [0.1, 0.15) is 5.82 Å². The van der Waals surface area contributed by atoms with E-state index in [9.17, 15) is 4.79 Å². The van der Waals surface area contributed by atoms with Gasteiger partial charge in [0.25, 0.3) is 0 Å². The zero-order valence-corrected chi connectivity index (χ0v) is 9.53. The van der Waals surface area contributed by atoms with Gasteiger partial charge in [-0.25, -0.2) is 4.68 Å². The summed E-state index contributed by atoms with van der Waals surface area (Å²) in [5.74, 6) is 2.97. The molecule has 0 aliphatic rings. The van der Waals surface area contributed by atoms with Gasteiger partial charge in [0, 0.05) is 12.1 Å². The molecule has 0 aliphatic carbocycles. The van der Waals surface area contributed by atoms with E-state index in [1.54, 1.807) is 16.9 Å². The summed E-state index contributed by atoms with van der Waals surface area (Å²) in [7, 11) is 0. The first kappa shape index (κ1) is 12.3. The Morgan fingerprint density at radius 3 is 3.06 bits per heavy atom. The predicted molar refractivity (Wildman–Crippen MR) is 62.9 cm³/mol. The average molecular weight is 220 g/mol. The topological polar surface area (TPSA) is 59.0 Å². The minimum atomic E-state index is -0.127. The van der Waals surface area contributed by atoms with E-state index in [2.05, 4.69) is 21.7 Å². The van der Waals surface area contributed by atoms with Gasteiger partial charge in [-0.3, -0.25) is 10.1 Å². The van der Waals surface area contributed by atoms with Crippen LogP contribution in [0, 0.1) is 12.3 Å². The van der Waals surface area contributed by atoms with E-state index in [0.29, 0.717) is 12.4 Å². The van der Waals surface area contributed by atoms with Gasteiger partial charge < -0.3 is 5.32 Å². The molecule has 0 fully saturated rings. The molecule has 0 radical (unpaired) electrons. The predicted octanol–water partition coefficient (Wildman–Crippen LogP) is 0.625. The summed E-state index contributed by atoms with van der Waals surface area (Å²) < 4.78 is 1.75. The molecule has 0 saturated heterocycles. The molecule has 0 saturated carbocycles. The Morgan fingerprint density at radius 2 is 2.44 bits per heavy atom. The zero-order chi connectivity index (χ0) is 12.0. The monoisotopic (exact) mass is 220 g/mol. The minimum absolute atomic E-state index is 0.127. The number of anilines is 1. The van der Waals surface area contributed by atoms with Crippen LogP contribution in [0.4, 0.5) is 5.82 Å². The molecule has 1 rings (SSSR count). The number of aromatic nitrogens is 2. The number of hydrogen-bond donors (Lipinski definition) is 2. The first-order valence-corrected chi connectivity index (χ1v) is 5.12. The first-order chi connectivity index (χ1) is 7.65. The molecule has 0 aliphatic heterocycles. The Labute approximate surface area is 95.2 Å². The van der Waals surface area contributed by atoms with Gasteiger partial charge in [0.15, 0.2) is 0 Å². The van der Waals surface area contributed by atoms with Crippen LogP contribution in [0.1, 0.15) is 19.9 Å². The molecule has 0 aromatic carbocycles. The molecule has 1 aromatic rings. The lowest BCUT2D eigenvalue weighted by molar-refractivity contribution is -0.115. The van der Waals surface area contributed by atoms with E-state index in [1.807, 2.05) is 13.8 Å². The van der Waals surface area contributed by atoms with Crippen molar-refractivity contribution < 1.29 is 4.79 Å². The highest BCUT2D eigenvalue weighted by atomic mass is 16.2. The van der Waals surface area contributed by atoms with Crippen molar-refractivity contribution in [3.05, 3.63) is 12.3 Å². The number of terminal acetylenes is 1. The van der Waals surface area contributed by atoms with Crippen molar-refractivity contribution in [2.45, 2.75) is 19.9 Å². The van der Waals surface area contributed by atoms with E-state index in [-0.39, 0.29) is 18.5 Å². The Morgan fingerprint density at radius 1 is 1.69 bits per heavy atom. The van der Waals surface area contributed by atoms with Gasteiger partial charge in [-0.2, -0.15) is 5.10 Å². The van der Waals surface area contributed by atoms with Gasteiger partial charge in [-0.05, 0) is 13.8 Å². The molecule has 0 bridgehead atoms. The quantitative estimate of drug-likeness (QED) is 0.565. The van der Waals surface area contributed by atoms with Gasteiger partial charge >= 0.3 is 0 Å². The fourth-order valence-electron chi connectivity index (χ4n) is 1.26. The molecule has 5 heteroatoms. The SMILES string of the molecule is C#CCNCC(=O)Nc1ccnn1C(C)C. The van der Waals surface area contributed by atoms with Crippen LogP contribution in [-0.2, 0) is 4.79 Å².